The summed E-state index contributed by atoms with van der Waals surface area (Å²) in [5.74, 6) is 0.281. The first kappa shape index (κ1) is 12.7. The third-order valence-electron chi connectivity index (χ3n) is 3.70. The lowest BCUT2D eigenvalue weighted by atomic mass is 9.75. The van der Waals surface area contributed by atoms with Crippen molar-refractivity contribution >= 4 is 21.6 Å². The summed E-state index contributed by atoms with van der Waals surface area (Å²) in [7, 11) is 0. The van der Waals surface area contributed by atoms with E-state index in [2.05, 4.69) is 33.4 Å². The van der Waals surface area contributed by atoms with Gasteiger partial charge in [-0.25, -0.2) is 4.39 Å². The van der Waals surface area contributed by atoms with E-state index in [1.54, 1.807) is 12.1 Å². The van der Waals surface area contributed by atoms with Crippen LogP contribution in [0.2, 0.25) is 0 Å². The third kappa shape index (κ3) is 2.81. The summed E-state index contributed by atoms with van der Waals surface area (Å²) in [6.07, 6.45) is 1.99. The van der Waals surface area contributed by atoms with Gasteiger partial charge in [-0.3, -0.25) is 0 Å². The number of anilines is 1. The minimum Gasteiger partial charge on any atom is -0.382 e. The van der Waals surface area contributed by atoms with Crippen molar-refractivity contribution in [3.8, 4) is 0 Å². The van der Waals surface area contributed by atoms with Crippen molar-refractivity contribution in [1.29, 1.82) is 0 Å². The average Bonchev–Trinajstić information content (AvgIpc) is 2.37. The van der Waals surface area contributed by atoms with Crippen LogP contribution in [0.5, 0.6) is 0 Å². The highest BCUT2D eigenvalue weighted by Crippen LogP contribution is 2.39. The molecule has 0 saturated heterocycles. The molecule has 2 aromatic carbocycles. The number of nitrogens with one attached hydrogen (secondary N) is 1. The van der Waals surface area contributed by atoms with Crippen molar-refractivity contribution in [2.24, 2.45) is 0 Å². The Morgan fingerprint density at radius 1 is 1.00 bits per heavy atom. The quantitative estimate of drug-likeness (QED) is 0.844. The number of halogens is 2. The fourth-order valence-electron chi connectivity index (χ4n) is 2.58. The lowest BCUT2D eigenvalue weighted by molar-refractivity contribution is 0.363. The monoisotopic (exact) mass is 319 g/mol. The van der Waals surface area contributed by atoms with Gasteiger partial charge in [-0.2, -0.15) is 0 Å². The van der Waals surface area contributed by atoms with Crippen LogP contribution in [0.15, 0.2) is 53.0 Å². The van der Waals surface area contributed by atoms with Crippen LogP contribution in [0.25, 0.3) is 0 Å². The molecular formula is C16H15BrFN. The molecule has 1 saturated carbocycles. The largest absolute Gasteiger partial charge is 0.382 e. The summed E-state index contributed by atoms with van der Waals surface area (Å²) in [6.45, 7) is 0. The van der Waals surface area contributed by atoms with Gasteiger partial charge in [0.1, 0.15) is 5.82 Å². The molecule has 1 nitrogen and oxygen atoms in total. The van der Waals surface area contributed by atoms with Gasteiger partial charge in [-0.15, -0.1) is 0 Å². The van der Waals surface area contributed by atoms with Crippen LogP contribution < -0.4 is 5.32 Å². The molecular weight excluding hydrogens is 305 g/mol. The SMILES string of the molecule is Fc1ccccc1C1CC(Nc2ccc(Br)cc2)C1. The first-order valence-corrected chi connectivity index (χ1v) is 7.28. The Morgan fingerprint density at radius 2 is 1.68 bits per heavy atom. The molecule has 1 fully saturated rings. The van der Waals surface area contributed by atoms with Crippen LogP contribution in [0.3, 0.4) is 0 Å². The van der Waals surface area contributed by atoms with Crippen molar-refractivity contribution in [3.05, 3.63) is 64.4 Å². The highest BCUT2D eigenvalue weighted by atomic mass is 79.9. The lowest BCUT2D eigenvalue weighted by Crippen LogP contribution is -2.34. The van der Waals surface area contributed by atoms with Crippen molar-refractivity contribution in [3.63, 3.8) is 0 Å². The summed E-state index contributed by atoms with van der Waals surface area (Å²) < 4.78 is 14.7. The maximum Gasteiger partial charge on any atom is 0.126 e. The highest BCUT2D eigenvalue weighted by molar-refractivity contribution is 9.10. The fourth-order valence-corrected chi connectivity index (χ4v) is 2.84. The lowest BCUT2D eigenvalue weighted by Gasteiger charge is -2.37. The van der Waals surface area contributed by atoms with E-state index in [0.29, 0.717) is 12.0 Å². The van der Waals surface area contributed by atoms with Gasteiger partial charge in [0.2, 0.25) is 0 Å². The van der Waals surface area contributed by atoms with Crippen LogP contribution in [-0.4, -0.2) is 6.04 Å². The molecule has 0 aliphatic heterocycles. The second-order valence-electron chi connectivity index (χ2n) is 5.04. The van der Waals surface area contributed by atoms with E-state index in [9.17, 15) is 4.39 Å². The van der Waals surface area contributed by atoms with Gasteiger partial charge in [-0.1, -0.05) is 34.1 Å². The Hall–Kier alpha value is -1.35. The van der Waals surface area contributed by atoms with Gasteiger partial charge >= 0.3 is 0 Å². The number of rotatable bonds is 3. The Bertz CT molecular complexity index is 561. The van der Waals surface area contributed by atoms with Crippen LogP contribution in [-0.2, 0) is 0 Å². The second kappa shape index (κ2) is 5.33. The summed E-state index contributed by atoms with van der Waals surface area (Å²) >= 11 is 3.42. The maximum absolute atomic E-state index is 13.6. The second-order valence-corrected chi connectivity index (χ2v) is 5.95. The predicted molar refractivity (Wildman–Crippen MR) is 79.9 cm³/mol. The third-order valence-corrected chi connectivity index (χ3v) is 4.23. The van der Waals surface area contributed by atoms with Crippen LogP contribution in [0, 0.1) is 5.82 Å². The Balaban J connectivity index is 1.58. The van der Waals surface area contributed by atoms with E-state index in [-0.39, 0.29) is 5.82 Å². The normalized spacial score (nSPS) is 21.8. The summed E-state index contributed by atoms with van der Waals surface area (Å²) in [5.41, 5.74) is 1.98. The minimum atomic E-state index is -0.0745. The fraction of sp³-hybridized carbons (Fsp3) is 0.250. The van der Waals surface area contributed by atoms with E-state index in [1.807, 2.05) is 24.3 Å². The van der Waals surface area contributed by atoms with E-state index in [4.69, 9.17) is 0 Å². The average molecular weight is 320 g/mol. The molecule has 1 aliphatic rings. The molecule has 0 aromatic heterocycles. The molecule has 3 rings (SSSR count). The number of hydrogen-bond acceptors (Lipinski definition) is 1. The smallest absolute Gasteiger partial charge is 0.126 e. The Kier molecular flexibility index (Phi) is 3.56. The molecule has 0 bridgehead atoms. The van der Waals surface area contributed by atoms with Crippen molar-refractivity contribution in [2.75, 3.05) is 5.32 Å². The highest BCUT2D eigenvalue weighted by Gasteiger charge is 2.31. The molecule has 0 spiro atoms. The zero-order valence-electron chi connectivity index (χ0n) is 10.4. The molecule has 2 aromatic rings. The molecule has 19 heavy (non-hydrogen) atoms. The predicted octanol–water partition coefficient (Wildman–Crippen LogP) is 4.95. The molecule has 0 atom stereocenters. The van der Waals surface area contributed by atoms with Crippen LogP contribution in [0.4, 0.5) is 10.1 Å². The Labute approximate surface area is 121 Å². The molecule has 0 amide bonds. The summed E-state index contributed by atoms with van der Waals surface area (Å²) in [6, 6.07) is 15.7. The molecule has 0 radical (unpaired) electrons. The minimum absolute atomic E-state index is 0.0745. The number of hydrogen-bond donors (Lipinski definition) is 1. The van der Waals surface area contributed by atoms with E-state index in [1.165, 1.54) is 0 Å². The summed E-state index contributed by atoms with van der Waals surface area (Å²) in [4.78, 5) is 0. The first-order chi connectivity index (χ1) is 9.22. The van der Waals surface area contributed by atoms with Gasteiger partial charge in [-0.05, 0) is 54.7 Å². The van der Waals surface area contributed by atoms with Gasteiger partial charge in [0.25, 0.3) is 0 Å². The summed E-state index contributed by atoms with van der Waals surface area (Å²) in [5, 5.41) is 3.48. The molecule has 0 heterocycles. The maximum atomic E-state index is 13.6. The zero-order chi connectivity index (χ0) is 13.2. The van der Waals surface area contributed by atoms with Gasteiger partial charge in [0, 0.05) is 16.2 Å². The van der Waals surface area contributed by atoms with Crippen LogP contribution in [0.1, 0.15) is 24.3 Å². The van der Waals surface area contributed by atoms with E-state index >= 15 is 0 Å². The standard InChI is InChI=1S/C16H15BrFN/c17-12-5-7-13(8-6-12)19-14-9-11(10-14)15-3-1-2-4-16(15)18/h1-8,11,14,19H,9-10H2. The molecule has 1 aliphatic carbocycles. The van der Waals surface area contributed by atoms with Gasteiger partial charge in [0.15, 0.2) is 0 Å². The van der Waals surface area contributed by atoms with E-state index < -0.39 is 0 Å². The first-order valence-electron chi connectivity index (χ1n) is 6.49. The molecule has 98 valence electrons. The van der Waals surface area contributed by atoms with Crippen molar-refractivity contribution in [1.82, 2.24) is 0 Å². The van der Waals surface area contributed by atoms with Crippen molar-refractivity contribution < 1.29 is 4.39 Å². The van der Waals surface area contributed by atoms with E-state index in [0.717, 1.165) is 28.6 Å². The van der Waals surface area contributed by atoms with Gasteiger partial charge in [0.05, 0.1) is 0 Å². The van der Waals surface area contributed by atoms with Gasteiger partial charge < -0.3 is 5.32 Å². The zero-order valence-corrected chi connectivity index (χ0v) is 12.0. The van der Waals surface area contributed by atoms with Crippen molar-refractivity contribution in [2.45, 2.75) is 24.8 Å². The number of benzene rings is 2. The molecule has 0 unspecified atom stereocenters. The molecule has 1 N–H and O–H groups in total. The topological polar surface area (TPSA) is 12.0 Å². The Morgan fingerprint density at radius 3 is 2.37 bits per heavy atom. The molecule has 3 heteroatoms. The van der Waals surface area contributed by atoms with Crippen LogP contribution >= 0.6 is 15.9 Å².